The molecule has 4 atom stereocenters. The predicted octanol–water partition coefficient (Wildman–Crippen LogP) is -0.305. The molecule has 2 heterocycles. The molecule has 2 rings (SSSR count). The first-order valence-corrected chi connectivity index (χ1v) is 5.17. The summed E-state index contributed by atoms with van der Waals surface area (Å²) < 4.78 is 10.4. The number of nitrogens with one attached hydrogen (secondary N) is 1. The molecule has 0 radical (unpaired) electrons. The van der Waals surface area contributed by atoms with Gasteiger partial charge in [-0.3, -0.25) is 11.3 Å². The summed E-state index contributed by atoms with van der Waals surface area (Å²) in [6.07, 6.45) is 1.39. The fourth-order valence-electron chi connectivity index (χ4n) is 1.64. The van der Waals surface area contributed by atoms with E-state index in [-0.39, 0.29) is 12.4 Å². The molecule has 4 nitrogen and oxygen atoms in total. The SMILES string of the molecule is COC1OC1C1SCCC1NN. The number of hydrogen-bond acceptors (Lipinski definition) is 5. The molecule has 0 spiro atoms. The number of methoxy groups -OCH3 is 1. The Morgan fingerprint density at radius 2 is 2.50 bits per heavy atom. The zero-order chi connectivity index (χ0) is 8.55. The van der Waals surface area contributed by atoms with Gasteiger partial charge in [-0.05, 0) is 12.2 Å². The molecule has 2 saturated heterocycles. The van der Waals surface area contributed by atoms with Crippen LogP contribution in [-0.4, -0.2) is 36.5 Å². The van der Waals surface area contributed by atoms with Crippen LogP contribution in [0.5, 0.6) is 0 Å². The van der Waals surface area contributed by atoms with E-state index in [9.17, 15) is 0 Å². The van der Waals surface area contributed by atoms with Crippen molar-refractivity contribution in [3.8, 4) is 0 Å². The molecule has 0 aromatic rings. The molecule has 0 aromatic heterocycles. The molecule has 4 unspecified atom stereocenters. The van der Waals surface area contributed by atoms with E-state index in [0.717, 1.165) is 12.2 Å². The van der Waals surface area contributed by atoms with Gasteiger partial charge in [0.15, 0.2) is 6.29 Å². The number of rotatable bonds is 3. The lowest BCUT2D eigenvalue weighted by Gasteiger charge is -2.14. The molecule has 0 saturated carbocycles. The summed E-state index contributed by atoms with van der Waals surface area (Å²) in [5.41, 5.74) is 2.82. The maximum absolute atomic E-state index is 5.42. The van der Waals surface area contributed by atoms with Crippen LogP contribution in [0.1, 0.15) is 6.42 Å². The molecule has 0 amide bonds. The normalized spacial score (nSPS) is 46.5. The van der Waals surface area contributed by atoms with Crippen LogP contribution in [0, 0.1) is 0 Å². The maximum Gasteiger partial charge on any atom is 0.185 e. The van der Waals surface area contributed by atoms with E-state index in [2.05, 4.69) is 5.43 Å². The van der Waals surface area contributed by atoms with Crippen molar-refractivity contribution < 1.29 is 9.47 Å². The van der Waals surface area contributed by atoms with Crippen LogP contribution in [0.15, 0.2) is 0 Å². The van der Waals surface area contributed by atoms with E-state index in [1.165, 1.54) is 0 Å². The van der Waals surface area contributed by atoms with Gasteiger partial charge in [-0.2, -0.15) is 11.8 Å². The smallest absolute Gasteiger partial charge is 0.185 e. The molecule has 0 aromatic carbocycles. The lowest BCUT2D eigenvalue weighted by molar-refractivity contribution is 0.0950. The molecule has 5 heteroatoms. The van der Waals surface area contributed by atoms with E-state index in [4.69, 9.17) is 15.3 Å². The minimum Gasteiger partial charge on any atom is -0.353 e. The summed E-state index contributed by atoms with van der Waals surface area (Å²) in [7, 11) is 1.68. The first-order chi connectivity index (χ1) is 5.86. The van der Waals surface area contributed by atoms with Crippen LogP contribution >= 0.6 is 11.8 Å². The quantitative estimate of drug-likeness (QED) is 0.363. The first-order valence-electron chi connectivity index (χ1n) is 4.13. The van der Waals surface area contributed by atoms with Gasteiger partial charge in [0.05, 0.1) is 5.25 Å². The summed E-state index contributed by atoms with van der Waals surface area (Å²) in [5.74, 6) is 6.58. The number of ether oxygens (including phenoxy) is 2. The molecule has 2 aliphatic rings. The van der Waals surface area contributed by atoms with Crippen molar-refractivity contribution in [3.63, 3.8) is 0 Å². The van der Waals surface area contributed by atoms with Crippen molar-refractivity contribution >= 4 is 11.8 Å². The molecule has 2 aliphatic heterocycles. The lowest BCUT2D eigenvalue weighted by atomic mass is 10.1. The number of hydrazine groups is 1. The standard InChI is InChI=1S/C7H14N2O2S/c1-10-7-5(11-7)6-4(9-8)2-3-12-6/h4-7,9H,2-3,8H2,1H3. The van der Waals surface area contributed by atoms with Crippen molar-refractivity contribution in [2.24, 2.45) is 5.84 Å². The number of hydrogen-bond donors (Lipinski definition) is 2. The highest BCUT2D eigenvalue weighted by Crippen LogP contribution is 2.39. The lowest BCUT2D eigenvalue weighted by Crippen LogP contribution is -2.42. The van der Waals surface area contributed by atoms with Gasteiger partial charge in [-0.15, -0.1) is 0 Å². The summed E-state index contributed by atoms with van der Waals surface area (Å²) in [6.45, 7) is 0. The van der Waals surface area contributed by atoms with Crippen LogP contribution in [-0.2, 0) is 9.47 Å². The van der Waals surface area contributed by atoms with Gasteiger partial charge in [0.25, 0.3) is 0 Å². The van der Waals surface area contributed by atoms with Crippen LogP contribution in [0.3, 0.4) is 0 Å². The summed E-state index contributed by atoms with van der Waals surface area (Å²) in [4.78, 5) is 0. The Morgan fingerprint density at radius 1 is 1.67 bits per heavy atom. The van der Waals surface area contributed by atoms with Gasteiger partial charge in [0.2, 0.25) is 0 Å². The van der Waals surface area contributed by atoms with E-state index >= 15 is 0 Å². The zero-order valence-electron chi connectivity index (χ0n) is 7.03. The third kappa shape index (κ3) is 1.47. The molecule has 0 bridgehead atoms. The van der Waals surface area contributed by atoms with Gasteiger partial charge < -0.3 is 9.47 Å². The number of epoxide rings is 1. The molecular formula is C7H14N2O2S. The molecule has 70 valence electrons. The highest BCUT2D eigenvalue weighted by Gasteiger charge is 2.50. The van der Waals surface area contributed by atoms with Crippen LogP contribution in [0.25, 0.3) is 0 Å². The average molecular weight is 190 g/mol. The second kappa shape index (κ2) is 3.51. The Morgan fingerprint density at radius 3 is 3.08 bits per heavy atom. The van der Waals surface area contributed by atoms with Crippen molar-refractivity contribution in [2.45, 2.75) is 30.1 Å². The third-order valence-corrected chi connectivity index (χ3v) is 3.84. The molecule has 3 N–H and O–H groups in total. The fraction of sp³-hybridized carbons (Fsp3) is 1.00. The van der Waals surface area contributed by atoms with E-state index in [0.29, 0.717) is 11.3 Å². The summed E-state index contributed by atoms with van der Waals surface area (Å²) >= 11 is 1.92. The minimum atomic E-state index is 0.0106. The second-order valence-corrected chi connectivity index (χ2v) is 4.39. The summed E-state index contributed by atoms with van der Waals surface area (Å²) in [6, 6.07) is 0.389. The highest BCUT2D eigenvalue weighted by atomic mass is 32.2. The van der Waals surface area contributed by atoms with Crippen molar-refractivity contribution in [2.75, 3.05) is 12.9 Å². The second-order valence-electron chi connectivity index (χ2n) is 3.10. The Bertz CT molecular complexity index is 169. The molecule has 2 fully saturated rings. The Labute approximate surface area is 76.1 Å². The molecule has 0 aliphatic carbocycles. The zero-order valence-corrected chi connectivity index (χ0v) is 7.84. The van der Waals surface area contributed by atoms with Crippen LogP contribution in [0.4, 0.5) is 0 Å². The first kappa shape index (κ1) is 8.77. The number of nitrogens with two attached hydrogens (primary N) is 1. The molecule has 12 heavy (non-hydrogen) atoms. The Balaban J connectivity index is 1.87. The van der Waals surface area contributed by atoms with Crippen LogP contribution in [0.2, 0.25) is 0 Å². The third-order valence-electron chi connectivity index (χ3n) is 2.39. The van der Waals surface area contributed by atoms with Crippen LogP contribution < -0.4 is 11.3 Å². The molecular weight excluding hydrogens is 176 g/mol. The van der Waals surface area contributed by atoms with E-state index in [1.807, 2.05) is 11.8 Å². The monoisotopic (exact) mass is 190 g/mol. The Hall–Kier alpha value is 0.190. The van der Waals surface area contributed by atoms with Crippen molar-refractivity contribution in [3.05, 3.63) is 0 Å². The van der Waals surface area contributed by atoms with Crippen molar-refractivity contribution in [1.82, 2.24) is 5.43 Å². The van der Waals surface area contributed by atoms with Gasteiger partial charge in [0.1, 0.15) is 6.10 Å². The summed E-state index contributed by atoms with van der Waals surface area (Å²) in [5, 5.41) is 0.472. The fourth-order valence-corrected chi connectivity index (χ4v) is 3.14. The topological polar surface area (TPSA) is 59.8 Å². The number of thioether (sulfide) groups is 1. The average Bonchev–Trinajstić information content (AvgIpc) is 2.74. The van der Waals surface area contributed by atoms with Gasteiger partial charge in [-0.25, -0.2) is 0 Å². The maximum atomic E-state index is 5.42. The van der Waals surface area contributed by atoms with Gasteiger partial charge >= 0.3 is 0 Å². The largest absolute Gasteiger partial charge is 0.353 e. The highest BCUT2D eigenvalue weighted by molar-refractivity contribution is 8.00. The van der Waals surface area contributed by atoms with E-state index in [1.54, 1.807) is 7.11 Å². The van der Waals surface area contributed by atoms with Gasteiger partial charge in [0, 0.05) is 13.2 Å². The predicted molar refractivity (Wildman–Crippen MR) is 47.6 cm³/mol. The van der Waals surface area contributed by atoms with E-state index < -0.39 is 0 Å². The minimum absolute atomic E-state index is 0.0106. The Kier molecular flexibility index (Phi) is 2.57. The van der Waals surface area contributed by atoms with Gasteiger partial charge in [-0.1, -0.05) is 0 Å². The van der Waals surface area contributed by atoms with Crippen molar-refractivity contribution in [1.29, 1.82) is 0 Å².